The molecule has 0 aliphatic heterocycles. The number of carbonyl (C=O) groups excluding carboxylic acids is 1. The molecule has 1 heterocycles. The lowest BCUT2D eigenvalue weighted by atomic mass is 9.54. The molecule has 106 valence electrons. The predicted octanol–water partition coefficient (Wildman–Crippen LogP) is 0.849. The summed E-state index contributed by atoms with van der Waals surface area (Å²) in [7, 11) is 0. The van der Waals surface area contributed by atoms with Crippen molar-refractivity contribution in [2.45, 2.75) is 45.8 Å². The standard InChI is InChI=1S/C12H20N4O3/c1-5-18-8-6-12(13,11(8,3)4)9(17)15-10-14-7(2)16-19-10/h8H,5-6,13H2,1-4H3,(H,14,15,16,17). The monoisotopic (exact) mass is 268 g/mol. The molecule has 0 radical (unpaired) electrons. The second-order valence-electron chi connectivity index (χ2n) is 5.44. The van der Waals surface area contributed by atoms with Crippen LogP contribution in [0, 0.1) is 12.3 Å². The largest absolute Gasteiger partial charge is 0.378 e. The average molecular weight is 268 g/mol. The van der Waals surface area contributed by atoms with Crippen LogP contribution in [0.3, 0.4) is 0 Å². The molecule has 7 nitrogen and oxygen atoms in total. The SMILES string of the molecule is CCOC1CC(N)(C(=O)Nc2nc(C)no2)C1(C)C. The Morgan fingerprint density at radius 1 is 1.63 bits per heavy atom. The summed E-state index contributed by atoms with van der Waals surface area (Å²) in [6.45, 7) is 8.06. The molecule has 1 fully saturated rings. The molecule has 0 bridgehead atoms. The molecule has 0 saturated heterocycles. The van der Waals surface area contributed by atoms with Crippen LogP contribution in [0.15, 0.2) is 4.52 Å². The van der Waals surface area contributed by atoms with Crippen molar-refractivity contribution in [3.05, 3.63) is 5.82 Å². The third kappa shape index (κ3) is 2.12. The summed E-state index contributed by atoms with van der Waals surface area (Å²) in [5.41, 5.74) is 4.78. The van der Waals surface area contributed by atoms with Crippen molar-refractivity contribution in [3.8, 4) is 0 Å². The van der Waals surface area contributed by atoms with Gasteiger partial charge in [-0.2, -0.15) is 4.98 Å². The van der Waals surface area contributed by atoms with Gasteiger partial charge in [0.15, 0.2) is 5.82 Å². The third-order valence-corrected chi connectivity index (χ3v) is 3.98. The molecule has 2 unspecified atom stereocenters. The molecular formula is C12H20N4O3. The Labute approximate surface area is 111 Å². The highest BCUT2D eigenvalue weighted by Crippen LogP contribution is 2.50. The van der Waals surface area contributed by atoms with Crippen LogP contribution in [-0.4, -0.2) is 34.3 Å². The van der Waals surface area contributed by atoms with Crippen molar-refractivity contribution in [3.63, 3.8) is 0 Å². The van der Waals surface area contributed by atoms with Gasteiger partial charge in [0.25, 0.3) is 0 Å². The van der Waals surface area contributed by atoms with Gasteiger partial charge in [0.2, 0.25) is 5.91 Å². The van der Waals surface area contributed by atoms with Gasteiger partial charge >= 0.3 is 6.01 Å². The maximum Gasteiger partial charge on any atom is 0.328 e. The van der Waals surface area contributed by atoms with E-state index in [0.29, 0.717) is 18.9 Å². The molecule has 19 heavy (non-hydrogen) atoms. The van der Waals surface area contributed by atoms with Crippen molar-refractivity contribution in [1.29, 1.82) is 0 Å². The van der Waals surface area contributed by atoms with Gasteiger partial charge in [0.05, 0.1) is 6.10 Å². The Kier molecular flexibility index (Phi) is 3.36. The molecule has 2 atom stereocenters. The maximum absolute atomic E-state index is 12.3. The first-order valence-electron chi connectivity index (χ1n) is 6.33. The second kappa shape index (κ2) is 4.57. The number of aryl methyl sites for hydroxylation is 1. The van der Waals surface area contributed by atoms with Crippen LogP contribution in [-0.2, 0) is 9.53 Å². The first kappa shape index (κ1) is 14.0. The Balaban J connectivity index is 2.07. The van der Waals surface area contributed by atoms with Gasteiger partial charge < -0.3 is 15.0 Å². The van der Waals surface area contributed by atoms with E-state index in [-0.39, 0.29) is 18.0 Å². The number of amides is 1. The van der Waals surface area contributed by atoms with Crippen LogP contribution >= 0.6 is 0 Å². The van der Waals surface area contributed by atoms with Crippen molar-refractivity contribution in [1.82, 2.24) is 10.1 Å². The number of rotatable bonds is 4. The minimum absolute atomic E-state index is 0.0160. The van der Waals surface area contributed by atoms with Crippen molar-refractivity contribution in [2.75, 3.05) is 11.9 Å². The average Bonchev–Trinajstić information content (AvgIpc) is 2.74. The van der Waals surface area contributed by atoms with Gasteiger partial charge in [0, 0.05) is 18.4 Å². The summed E-state index contributed by atoms with van der Waals surface area (Å²) in [6, 6.07) is 0.0722. The minimum atomic E-state index is -0.991. The number of anilines is 1. The lowest BCUT2D eigenvalue weighted by molar-refractivity contribution is -0.166. The number of nitrogens with zero attached hydrogens (tertiary/aromatic N) is 2. The third-order valence-electron chi connectivity index (χ3n) is 3.98. The number of aromatic nitrogens is 2. The van der Waals surface area contributed by atoms with Crippen LogP contribution in [0.2, 0.25) is 0 Å². The smallest absolute Gasteiger partial charge is 0.328 e. The predicted molar refractivity (Wildman–Crippen MR) is 68.4 cm³/mol. The summed E-state index contributed by atoms with van der Waals surface area (Å²) in [6.07, 6.45) is 0.463. The van der Waals surface area contributed by atoms with E-state index in [2.05, 4.69) is 15.5 Å². The highest BCUT2D eigenvalue weighted by molar-refractivity contribution is 5.98. The fourth-order valence-corrected chi connectivity index (χ4v) is 2.38. The first-order chi connectivity index (χ1) is 8.81. The van der Waals surface area contributed by atoms with E-state index < -0.39 is 11.0 Å². The number of nitrogens with two attached hydrogens (primary N) is 1. The zero-order valence-corrected chi connectivity index (χ0v) is 11.7. The number of hydrogen-bond donors (Lipinski definition) is 2. The molecule has 3 N–H and O–H groups in total. The molecule has 1 aromatic rings. The number of ether oxygens (including phenoxy) is 1. The Morgan fingerprint density at radius 2 is 2.32 bits per heavy atom. The van der Waals surface area contributed by atoms with Crippen LogP contribution < -0.4 is 11.1 Å². The zero-order chi connectivity index (χ0) is 14.3. The normalized spacial score (nSPS) is 28.8. The highest BCUT2D eigenvalue weighted by Gasteiger charge is 2.63. The van der Waals surface area contributed by atoms with Gasteiger partial charge in [0.1, 0.15) is 5.54 Å². The molecule has 1 aliphatic carbocycles. The molecular weight excluding hydrogens is 248 g/mol. The van der Waals surface area contributed by atoms with Crippen LogP contribution in [0.1, 0.15) is 33.0 Å². The molecule has 1 aliphatic rings. The van der Waals surface area contributed by atoms with E-state index in [1.54, 1.807) is 6.92 Å². The zero-order valence-electron chi connectivity index (χ0n) is 11.7. The van der Waals surface area contributed by atoms with Gasteiger partial charge in [-0.1, -0.05) is 19.0 Å². The second-order valence-corrected chi connectivity index (χ2v) is 5.44. The number of carbonyl (C=O) groups is 1. The molecule has 1 saturated carbocycles. The fourth-order valence-electron chi connectivity index (χ4n) is 2.38. The summed E-state index contributed by atoms with van der Waals surface area (Å²) in [4.78, 5) is 16.2. The summed E-state index contributed by atoms with van der Waals surface area (Å²) in [5.74, 6) is 0.138. The Morgan fingerprint density at radius 3 is 2.79 bits per heavy atom. The molecule has 7 heteroatoms. The Bertz CT molecular complexity index is 485. The van der Waals surface area contributed by atoms with Crippen LogP contribution in [0.5, 0.6) is 0 Å². The quantitative estimate of drug-likeness (QED) is 0.839. The topological polar surface area (TPSA) is 103 Å². The van der Waals surface area contributed by atoms with Crippen molar-refractivity contribution >= 4 is 11.9 Å². The summed E-state index contributed by atoms with van der Waals surface area (Å²) in [5, 5.41) is 6.17. The van der Waals surface area contributed by atoms with E-state index in [1.807, 2.05) is 20.8 Å². The van der Waals surface area contributed by atoms with E-state index in [0.717, 1.165) is 0 Å². The summed E-state index contributed by atoms with van der Waals surface area (Å²) >= 11 is 0. The number of nitrogens with one attached hydrogen (secondary N) is 1. The van der Waals surface area contributed by atoms with Gasteiger partial charge in [-0.25, -0.2) is 0 Å². The molecule has 0 spiro atoms. The first-order valence-corrected chi connectivity index (χ1v) is 6.33. The fraction of sp³-hybridized carbons (Fsp3) is 0.750. The van der Waals surface area contributed by atoms with Crippen molar-refractivity contribution in [2.24, 2.45) is 11.1 Å². The van der Waals surface area contributed by atoms with Crippen molar-refractivity contribution < 1.29 is 14.1 Å². The Hall–Kier alpha value is -1.47. The maximum atomic E-state index is 12.3. The van der Waals surface area contributed by atoms with E-state index in [4.69, 9.17) is 15.0 Å². The summed E-state index contributed by atoms with van der Waals surface area (Å²) < 4.78 is 10.4. The van der Waals surface area contributed by atoms with Gasteiger partial charge in [-0.3, -0.25) is 10.1 Å². The highest BCUT2D eigenvalue weighted by atomic mass is 16.5. The molecule has 2 rings (SSSR count). The molecule has 1 amide bonds. The van der Waals surface area contributed by atoms with Crippen LogP contribution in [0.25, 0.3) is 0 Å². The lowest BCUT2D eigenvalue weighted by Crippen LogP contribution is -2.74. The molecule has 1 aromatic heterocycles. The molecule has 0 aromatic carbocycles. The van der Waals surface area contributed by atoms with Gasteiger partial charge in [-0.15, -0.1) is 0 Å². The lowest BCUT2D eigenvalue weighted by Gasteiger charge is -2.57. The van der Waals surface area contributed by atoms with E-state index >= 15 is 0 Å². The van der Waals surface area contributed by atoms with Crippen LogP contribution in [0.4, 0.5) is 6.01 Å². The minimum Gasteiger partial charge on any atom is -0.378 e. The number of hydrogen-bond acceptors (Lipinski definition) is 6. The van der Waals surface area contributed by atoms with Gasteiger partial charge in [-0.05, 0) is 13.8 Å². The van der Waals surface area contributed by atoms with E-state index in [1.165, 1.54) is 0 Å². The van der Waals surface area contributed by atoms with E-state index in [9.17, 15) is 4.79 Å².